The van der Waals surface area contributed by atoms with Crippen molar-refractivity contribution >= 4 is 0 Å². The SMILES string of the molecule is COc1cc(CO)ccc1OCCCOc1ccccc1. The van der Waals surface area contributed by atoms with Crippen molar-refractivity contribution in [2.75, 3.05) is 20.3 Å². The van der Waals surface area contributed by atoms with Crippen molar-refractivity contribution in [1.82, 2.24) is 0 Å². The van der Waals surface area contributed by atoms with Gasteiger partial charge in [-0.3, -0.25) is 0 Å². The number of hydrogen-bond acceptors (Lipinski definition) is 4. The molecule has 0 atom stereocenters. The highest BCUT2D eigenvalue weighted by atomic mass is 16.5. The summed E-state index contributed by atoms with van der Waals surface area (Å²) in [7, 11) is 1.59. The molecular weight excluding hydrogens is 268 g/mol. The highest BCUT2D eigenvalue weighted by Crippen LogP contribution is 2.28. The minimum atomic E-state index is -0.0123. The molecule has 0 saturated heterocycles. The zero-order valence-electron chi connectivity index (χ0n) is 12.1. The van der Waals surface area contributed by atoms with Crippen molar-refractivity contribution in [3.8, 4) is 17.2 Å². The Labute approximate surface area is 124 Å². The highest BCUT2D eigenvalue weighted by Gasteiger charge is 2.05. The molecule has 0 saturated carbocycles. The molecule has 0 amide bonds. The number of methoxy groups -OCH3 is 1. The molecule has 0 aliphatic heterocycles. The molecule has 0 aliphatic rings. The van der Waals surface area contributed by atoms with E-state index >= 15 is 0 Å². The number of ether oxygens (including phenoxy) is 3. The first-order valence-corrected chi connectivity index (χ1v) is 6.92. The molecule has 4 heteroatoms. The summed E-state index contributed by atoms with van der Waals surface area (Å²) in [5, 5.41) is 9.09. The third-order valence-electron chi connectivity index (χ3n) is 2.97. The smallest absolute Gasteiger partial charge is 0.161 e. The second-order valence-corrected chi connectivity index (χ2v) is 4.51. The van der Waals surface area contributed by atoms with Gasteiger partial charge in [0.05, 0.1) is 26.9 Å². The Morgan fingerprint density at radius 2 is 1.67 bits per heavy atom. The van der Waals surface area contributed by atoms with E-state index < -0.39 is 0 Å². The van der Waals surface area contributed by atoms with Gasteiger partial charge in [0.1, 0.15) is 5.75 Å². The minimum Gasteiger partial charge on any atom is -0.493 e. The van der Waals surface area contributed by atoms with E-state index in [0.29, 0.717) is 24.7 Å². The summed E-state index contributed by atoms with van der Waals surface area (Å²) in [4.78, 5) is 0. The number of aliphatic hydroxyl groups excluding tert-OH is 1. The maximum atomic E-state index is 9.09. The van der Waals surface area contributed by atoms with Crippen LogP contribution in [0.2, 0.25) is 0 Å². The summed E-state index contributed by atoms with van der Waals surface area (Å²) < 4.78 is 16.5. The van der Waals surface area contributed by atoms with E-state index in [-0.39, 0.29) is 6.61 Å². The molecule has 112 valence electrons. The average molecular weight is 288 g/mol. The lowest BCUT2D eigenvalue weighted by Gasteiger charge is -2.12. The van der Waals surface area contributed by atoms with Crippen LogP contribution in [0.15, 0.2) is 48.5 Å². The summed E-state index contributed by atoms with van der Waals surface area (Å²) in [6.07, 6.45) is 0.778. The normalized spacial score (nSPS) is 10.2. The van der Waals surface area contributed by atoms with Crippen molar-refractivity contribution in [3.63, 3.8) is 0 Å². The second kappa shape index (κ2) is 8.17. The van der Waals surface area contributed by atoms with Crippen LogP contribution in [0.25, 0.3) is 0 Å². The van der Waals surface area contributed by atoms with Crippen molar-refractivity contribution in [1.29, 1.82) is 0 Å². The fourth-order valence-corrected chi connectivity index (χ4v) is 1.88. The first-order chi connectivity index (χ1) is 10.3. The van der Waals surface area contributed by atoms with Gasteiger partial charge in [0, 0.05) is 6.42 Å². The van der Waals surface area contributed by atoms with Crippen LogP contribution in [0, 0.1) is 0 Å². The predicted octanol–water partition coefficient (Wildman–Crippen LogP) is 3.04. The molecule has 2 aromatic carbocycles. The fourth-order valence-electron chi connectivity index (χ4n) is 1.88. The number of para-hydroxylation sites is 1. The quantitative estimate of drug-likeness (QED) is 0.758. The van der Waals surface area contributed by atoms with E-state index in [2.05, 4.69) is 0 Å². The van der Waals surface area contributed by atoms with Crippen LogP contribution in [-0.2, 0) is 6.61 Å². The summed E-state index contributed by atoms with van der Waals surface area (Å²) in [6, 6.07) is 15.1. The largest absolute Gasteiger partial charge is 0.493 e. The van der Waals surface area contributed by atoms with Gasteiger partial charge in [0.15, 0.2) is 11.5 Å². The van der Waals surface area contributed by atoms with E-state index in [0.717, 1.165) is 17.7 Å². The van der Waals surface area contributed by atoms with Gasteiger partial charge < -0.3 is 19.3 Å². The Morgan fingerprint density at radius 3 is 2.38 bits per heavy atom. The molecule has 0 radical (unpaired) electrons. The maximum Gasteiger partial charge on any atom is 0.161 e. The molecule has 0 heterocycles. The molecule has 1 N–H and O–H groups in total. The van der Waals surface area contributed by atoms with Gasteiger partial charge in [-0.25, -0.2) is 0 Å². The molecule has 0 aliphatic carbocycles. The summed E-state index contributed by atoms with van der Waals surface area (Å²) in [5.41, 5.74) is 0.798. The first-order valence-electron chi connectivity index (χ1n) is 6.92. The standard InChI is InChI=1S/C17H20O4/c1-19-17-12-14(13-18)8-9-16(17)21-11-5-10-20-15-6-3-2-4-7-15/h2-4,6-9,12,18H,5,10-11,13H2,1H3. The molecule has 21 heavy (non-hydrogen) atoms. The van der Waals surface area contributed by atoms with Gasteiger partial charge in [-0.2, -0.15) is 0 Å². The van der Waals surface area contributed by atoms with Gasteiger partial charge in [-0.15, -0.1) is 0 Å². The van der Waals surface area contributed by atoms with Crippen molar-refractivity contribution in [2.24, 2.45) is 0 Å². The van der Waals surface area contributed by atoms with Crippen LogP contribution in [0.5, 0.6) is 17.2 Å². The summed E-state index contributed by atoms with van der Waals surface area (Å²) >= 11 is 0. The van der Waals surface area contributed by atoms with Crippen LogP contribution in [-0.4, -0.2) is 25.4 Å². The zero-order chi connectivity index (χ0) is 14.9. The Balaban J connectivity index is 1.76. The highest BCUT2D eigenvalue weighted by molar-refractivity contribution is 5.42. The number of hydrogen-bond donors (Lipinski definition) is 1. The molecule has 0 aromatic heterocycles. The topological polar surface area (TPSA) is 47.9 Å². The van der Waals surface area contributed by atoms with E-state index in [4.69, 9.17) is 19.3 Å². The minimum absolute atomic E-state index is 0.0123. The lowest BCUT2D eigenvalue weighted by atomic mass is 10.2. The van der Waals surface area contributed by atoms with Crippen molar-refractivity contribution < 1.29 is 19.3 Å². The molecule has 0 fully saturated rings. The van der Waals surface area contributed by atoms with Crippen molar-refractivity contribution in [2.45, 2.75) is 13.0 Å². The first kappa shape index (κ1) is 15.2. The molecule has 2 rings (SSSR count). The number of rotatable bonds is 8. The van der Waals surface area contributed by atoms with Gasteiger partial charge >= 0.3 is 0 Å². The van der Waals surface area contributed by atoms with E-state index in [1.807, 2.05) is 42.5 Å². The summed E-state index contributed by atoms with van der Waals surface area (Å²) in [6.45, 7) is 1.13. The lowest BCUT2D eigenvalue weighted by molar-refractivity contribution is 0.240. The molecule has 0 bridgehead atoms. The van der Waals surface area contributed by atoms with E-state index in [9.17, 15) is 0 Å². The molecular formula is C17H20O4. The average Bonchev–Trinajstić information content (AvgIpc) is 2.55. The van der Waals surface area contributed by atoms with Crippen LogP contribution in [0.3, 0.4) is 0 Å². The molecule has 4 nitrogen and oxygen atoms in total. The zero-order valence-corrected chi connectivity index (χ0v) is 12.1. The Morgan fingerprint density at radius 1 is 0.905 bits per heavy atom. The maximum absolute atomic E-state index is 9.09. The van der Waals surface area contributed by atoms with Crippen molar-refractivity contribution in [3.05, 3.63) is 54.1 Å². The molecule has 2 aromatic rings. The third-order valence-corrected chi connectivity index (χ3v) is 2.97. The van der Waals surface area contributed by atoms with Gasteiger partial charge in [-0.05, 0) is 29.8 Å². The van der Waals surface area contributed by atoms with Crippen LogP contribution in [0.1, 0.15) is 12.0 Å². The van der Waals surface area contributed by atoms with E-state index in [1.54, 1.807) is 13.2 Å². The Kier molecular flexibility index (Phi) is 5.91. The second-order valence-electron chi connectivity index (χ2n) is 4.51. The van der Waals surface area contributed by atoms with Gasteiger partial charge in [-0.1, -0.05) is 24.3 Å². The lowest BCUT2D eigenvalue weighted by Crippen LogP contribution is -2.05. The van der Waals surface area contributed by atoms with Crippen LogP contribution in [0.4, 0.5) is 0 Å². The fraction of sp³-hybridized carbons (Fsp3) is 0.294. The van der Waals surface area contributed by atoms with Crippen LogP contribution >= 0.6 is 0 Å². The van der Waals surface area contributed by atoms with Crippen LogP contribution < -0.4 is 14.2 Å². The number of benzene rings is 2. The predicted molar refractivity (Wildman–Crippen MR) is 81.0 cm³/mol. The number of aliphatic hydroxyl groups is 1. The van der Waals surface area contributed by atoms with Gasteiger partial charge in [0.2, 0.25) is 0 Å². The third kappa shape index (κ3) is 4.68. The molecule has 0 unspecified atom stereocenters. The summed E-state index contributed by atoms with van der Waals surface area (Å²) in [5.74, 6) is 2.17. The van der Waals surface area contributed by atoms with Gasteiger partial charge in [0.25, 0.3) is 0 Å². The Hall–Kier alpha value is -2.20. The van der Waals surface area contributed by atoms with E-state index in [1.165, 1.54) is 0 Å². The Bertz CT molecular complexity index is 540. The molecule has 0 spiro atoms. The monoisotopic (exact) mass is 288 g/mol.